The molecular weight excluding hydrogens is 581 g/mol. The van der Waals surface area contributed by atoms with Crippen LogP contribution in [0.4, 0.5) is 4.39 Å². The third kappa shape index (κ3) is 5.33. The predicted octanol–water partition coefficient (Wildman–Crippen LogP) is 8.41. The van der Waals surface area contributed by atoms with Crippen LogP contribution in [0.1, 0.15) is 55.7 Å². The highest BCUT2D eigenvalue weighted by atomic mass is 35.5. The molecule has 9 heteroatoms. The molecule has 3 heterocycles. The lowest BCUT2D eigenvalue weighted by Gasteiger charge is -2.28. The van der Waals surface area contributed by atoms with Gasteiger partial charge in [0.05, 0.1) is 23.5 Å². The Morgan fingerprint density at radius 3 is 2.50 bits per heavy atom. The number of halogens is 2. The first-order valence-electron chi connectivity index (χ1n) is 14.5. The zero-order valence-corrected chi connectivity index (χ0v) is 26.0. The van der Waals surface area contributed by atoms with Gasteiger partial charge in [-0.2, -0.15) is 5.10 Å². The van der Waals surface area contributed by atoms with E-state index in [2.05, 4.69) is 0 Å². The highest BCUT2D eigenvalue weighted by Gasteiger charge is 2.35. The number of rotatable bonds is 6. The Hall–Kier alpha value is -4.27. The molecule has 0 amide bonds. The maximum Gasteiger partial charge on any atom is 0.337 e. The van der Waals surface area contributed by atoms with E-state index in [0.717, 1.165) is 34.2 Å². The van der Waals surface area contributed by atoms with E-state index in [1.54, 1.807) is 38.3 Å². The van der Waals surface area contributed by atoms with Gasteiger partial charge in [0, 0.05) is 33.0 Å². The van der Waals surface area contributed by atoms with Crippen LogP contribution in [-0.2, 0) is 16.0 Å². The summed E-state index contributed by atoms with van der Waals surface area (Å²) in [6.07, 6.45) is -0.0223. The van der Waals surface area contributed by atoms with Crippen LogP contribution in [0, 0.1) is 19.7 Å². The number of ether oxygens (including phenoxy) is 2. The molecule has 0 fully saturated rings. The van der Waals surface area contributed by atoms with Gasteiger partial charge < -0.3 is 14.6 Å². The number of carboxylic acids is 1. The molecule has 1 aliphatic heterocycles. The van der Waals surface area contributed by atoms with Crippen LogP contribution in [0.15, 0.2) is 60.7 Å². The summed E-state index contributed by atoms with van der Waals surface area (Å²) in [5.74, 6) is -1.45. The first-order valence-corrected chi connectivity index (χ1v) is 14.9. The SMILES string of the molecule is Cc1nc2c(-c3cccc(Cl)c3)c(-c3ccccc3)nn2c(-c2cc(F)c3c(c2C)CCCO3)c1[C@H](OC(C)(C)C)C(=O)O. The van der Waals surface area contributed by atoms with Crippen LogP contribution in [0.5, 0.6) is 5.75 Å². The van der Waals surface area contributed by atoms with E-state index in [4.69, 9.17) is 31.2 Å². The van der Waals surface area contributed by atoms with Crippen LogP contribution in [0.25, 0.3) is 39.3 Å². The summed E-state index contributed by atoms with van der Waals surface area (Å²) in [5.41, 5.74) is 5.83. The third-order valence-corrected chi connectivity index (χ3v) is 8.04. The minimum Gasteiger partial charge on any atom is -0.490 e. The summed E-state index contributed by atoms with van der Waals surface area (Å²) in [5, 5.41) is 16.2. The van der Waals surface area contributed by atoms with Gasteiger partial charge in [0.1, 0.15) is 5.69 Å². The van der Waals surface area contributed by atoms with E-state index in [1.807, 2.05) is 55.5 Å². The van der Waals surface area contributed by atoms with Crippen molar-refractivity contribution < 1.29 is 23.8 Å². The fraction of sp³-hybridized carbons (Fsp3) is 0.286. The lowest BCUT2D eigenvalue weighted by molar-refractivity contribution is -0.160. The highest BCUT2D eigenvalue weighted by molar-refractivity contribution is 6.31. The third-order valence-electron chi connectivity index (χ3n) is 7.80. The number of nitrogens with zero attached hydrogens (tertiary/aromatic N) is 3. The molecule has 0 saturated carbocycles. The highest BCUT2D eigenvalue weighted by Crippen LogP contribution is 2.44. The zero-order valence-electron chi connectivity index (χ0n) is 25.2. The maximum absolute atomic E-state index is 15.8. The molecular formula is C35H33ClFN3O4. The second-order valence-electron chi connectivity index (χ2n) is 12.0. The van der Waals surface area contributed by atoms with Gasteiger partial charge in [-0.3, -0.25) is 0 Å². The second kappa shape index (κ2) is 11.3. The van der Waals surface area contributed by atoms with Crippen LogP contribution in [-0.4, -0.2) is 37.9 Å². The largest absolute Gasteiger partial charge is 0.490 e. The molecule has 3 aromatic carbocycles. The number of hydrogen-bond donors (Lipinski definition) is 1. The minimum absolute atomic E-state index is 0.242. The van der Waals surface area contributed by atoms with Crippen molar-refractivity contribution >= 4 is 23.2 Å². The van der Waals surface area contributed by atoms with Crippen molar-refractivity contribution in [3.8, 4) is 39.4 Å². The standard InChI is InChI=1S/C35H33ClFN3O4/c1-19-24-15-10-16-43-31(24)26(37)18-25(19)30-27(32(34(41)42)44-35(3,4)5)20(2)38-33-28(22-13-9-14-23(36)17-22)29(39-40(30)33)21-11-7-6-8-12-21/h6-9,11-14,17-18,32H,10,15-16H2,1-5H3,(H,41,42)/t32-/m0/s1. The predicted molar refractivity (Wildman–Crippen MR) is 169 cm³/mol. The summed E-state index contributed by atoms with van der Waals surface area (Å²) < 4.78 is 29.3. The fourth-order valence-electron chi connectivity index (χ4n) is 5.94. The fourth-order valence-corrected chi connectivity index (χ4v) is 6.13. The van der Waals surface area contributed by atoms with Crippen molar-refractivity contribution in [3.63, 3.8) is 0 Å². The minimum atomic E-state index is -1.41. The molecule has 0 spiro atoms. The molecule has 0 unspecified atom stereocenters. The molecule has 5 aromatic rings. The quantitative estimate of drug-likeness (QED) is 0.207. The number of benzene rings is 3. The van der Waals surface area contributed by atoms with Gasteiger partial charge in [0.15, 0.2) is 23.3 Å². The summed E-state index contributed by atoms with van der Waals surface area (Å²) >= 11 is 6.46. The second-order valence-corrected chi connectivity index (χ2v) is 12.5. The van der Waals surface area contributed by atoms with Crippen molar-refractivity contribution in [1.29, 1.82) is 0 Å². The molecule has 6 rings (SSSR count). The number of aromatic nitrogens is 3. The van der Waals surface area contributed by atoms with Crippen molar-refractivity contribution in [3.05, 3.63) is 93.9 Å². The average molecular weight is 614 g/mol. The monoisotopic (exact) mass is 613 g/mol. The Bertz CT molecular complexity index is 1910. The molecule has 44 heavy (non-hydrogen) atoms. The zero-order chi connectivity index (χ0) is 31.3. The van der Waals surface area contributed by atoms with Crippen molar-refractivity contribution in [2.45, 2.75) is 59.2 Å². The Balaban J connectivity index is 1.79. The van der Waals surface area contributed by atoms with Crippen molar-refractivity contribution in [2.75, 3.05) is 6.61 Å². The first-order chi connectivity index (χ1) is 20.9. The van der Waals surface area contributed by atoms with E-state index in [1.165, 1.54) is 6.07 Å². The van der Waals surface area contributed by atoms with Gasteiger partial charge in [0.25, 0.3) is 0 Å². The number of aryl methyl sites for hydroxylation is 1. The first kappa shape index (κ1) is 29.8. The summed E-state index contributed by atoms with van der Waals surface area (Å²) in [4.78, 5) is 17.9. The van der Waals surface area contributed by atoms with Crippen LogP contribution in [0.3, 0.4) is 0 Å². The van der Waals surface area contributed by atoms with Gasteiger partial charge >= 0.3 is 5.97 Å². The van der Waals surface area contributed by atoms with Crippen molar-refractivity contribution in [1.82, 2.24) is 14.6 Å². The van der Waals surface area contributed by atoms with Gasteiger partial charge in [-0.15, -0.1) is 0 Å². The van der Waals surface area contributed by atoms with Crippen molar-refractivity contribution in [2.24, 2.45) is 0 Å². The smallest absolute Gasteiger partial charge is 0.337 e. The molecule has 1 N–H and O–H groups in total. The molecule has 1 atom stereocenters. The number of carboxylic acid groups (broad SMARTS) is 1. The lowest BCUT2D eigenvalue weighted by Crippen LogP contribution is -2.29. The number of aliphatic carboxylic acids is 1. The molecule has 0 bridgehead atoms. The molecule has 2 aromatic heterocycles. The Morgan fingerprint density at radius 2 is 1.82 bits per heavy atom. The van der Waals surface area contributed by atoms with E-state index in [0.29, 0.717) is 51.9 Å². The van der Waals surface area contributed by atoms with Gasteiger partial charge in [-0.1, -0.05) is 54.1 Å². The summed E-state index contributed by atoms with van der Waals surface area (Å²) in [6, 6.07) is 18.5. The Morgan fingerprint density at radius 1 is 1.09 bits per heavy atom. The lowest BCUT2D eigenvalue weighted by atomic mass is 9.90. The van der Waals surface area contributed by atoms with E-state index >= 15 is 4.39 Å². The average Bonchev–Trinajstić information content (AvgIpc) is 3.36. The molecule has 226 valence electrons. The summed E-state index contributed by atoms with van der Waals surface area (Å²) in [6.45, 7) is 9.49. The van der Waals surface area contributed by atoms with Crippen LogP contribution < -0.4 is 4.74 Å². The number of fused-ring (bicyclic) bond motifs is 2. The molecule has 1 aliphatic rings. The summed E-state index contributed by atoms with van der Waals surface area (Å²) in [7, 11) is 0. The Kier molecular flexibility index (Phi) is 7.68. The normalized spacial score (nSPS) is 13.9. The molecule has 0 saturated heterocycles. The molecule has 0 aliphatic carbocycles. The van der Waals surface area contributed by atoms with Crippen LogP contribution >= 0.6 is 11.6 Å². The van der Waals surface area contributed by atoms with Gasteiger partial charge in [-0.25, -0.2) is 18.7 Å². The topological polar surface area (TPSA) is 86.0 Å². The van der Waals surface area contributed by atoms with Gasteiger partial charge in [-0.05, 0) is 76.8 Å². The number of carbonyl (C=O) groups is 1. The molecule has 7 nitrogen and oxygen atoms in total. The Labute approximate surface area is 260 Å². The maximum atomic E-state index is 15.8. The molecule has 0 radical (unpaired) electrons. The van der Waals surface area contributed by atoms with E-state index < -0.39 is 23.5 Å². The van der Waals surface area contributed by atoms with Crippen LogP contribution in [0.2, 0.25) is 5.02 Å². The van der Waals surface area contributed by atoms with E-state index in [-0.39, 0.29) is 5.75 Å². The number of hydrogen-bond acceptors (Lipinski definition) is 5. The van der Waals surface area contributed by atoms with Gasteiger partial charge in [0.2, 0.25) is 0 Å². The van der Waals surface area contributed by atoms with E-state index in [9.17, 15) is 9.90 Å².